The number of benzene rings is 2. The summed E-state index contributed by atoms with van der Waals surface area (Å²) in [6.45, 7) is 3.64. The number of phenols is 1. The number of rotatable bonds is 17. The Bertz CT molecular complexity index is 1110. The normalized spacial score (nSPS) is 16.1. The number of aliphatic hydroxyl groups excluding tert-OH is 2. The summed E-state index contributed by atoms with van der Waals surface area (Å²) in [4.78, 5) is 10.4. The molecule has 1 unspecified atom stereocenters. The maximum absolute atomic E-state index is 10.4. The molecular weight excluding hydrogens is 565 g/mol. The summed E-state index contributed by atoms with van der Waals surface area (Å²) in [6, 6.07) is 13.0. The summed E-state index contributed by atoms with van der Waals surface area (Å²) >= 11 is 11.0. The minimum absolute atomic E-state index is 0.0695. The number of carbonyl (C=O) groups is 1. The van der Waals surface area contributed by atoms with Gasteiger partial charge in [-0.15, -0.1) is 0 Å². The van der Waals surface area contributed by atoms with Gasteiger partial charge < -0.3 is 30.5 Å². The van der Waals surface area contributed by atoms with Gasteiger partial charge in [-0.2, -0.15) is 0 Å². The summed E-state index contributed by atoms with van der Waals surface area (Å²) in [7, 11) is 0. The number of aromatic carboxylic acids is 1. The molecule has 2 aromatic carbocycles. The SMILES string of the molecule is O=C(O)c1cc(Cl)cc(Cl)c1O.OCC1=CC=CC(CO)(CNCCCCCCOCCCCc2ccccc2)C1. The third-order valence-corrected chi connectivity index (χ3v) is 7.36. The number of halogens is 2. The number of carboxylic acids is 1. The highest BCUT2D eigenvalue weighted by atomic mass is 35.5. The Hall–Kier alpha value is -2.39. The molecule has 9 heteroatoms. The molecule has 0 amide bonds. The van der Waals surface area contributed by atoms with Crippen molar-refractivity contribution in [1.29, 1.82) is 0 Å². The molecule has 226 valence electrons. The smallest absolute Gasteiger partial charge is 0.339 e. The number of hydrogen-bond acceptors (Lipinski definition) is 6. The number of aromatic hydroxyl groups is 1. The topological polar surface area (TPSA) is 119 Å². The van der Waals surface area contributed by atoms with E-state index in [-0.39, 0.29) is 34.2 Å². The number of nitrogens with one attached hydrogen (secondary N) is 1. The monoisotopic (exact) mass is 607 g/mol. The standard InChI is InChI=1S/C25H39NO3.C7H4Cl2O3/c27-20-24-14-10-15-25(19-24,22-28)21-26-16-7-1-2-8-17-29-18-9-6-13-23-11-4-3-5-12-23;8-3-1-4(7(11)12)6(10)5(9)2-3/h3-5,10-12,14-15,26-28H,1-2,6-9,13,16-22H2;1-2,10H,(H,11,12). The molecule has 1 aliphatic rings. The van der Waals surface area contributed by atoms with Gasteiger partial charge in [0.05, 0.1) is 18.2 Å². The fraction of sp³-hybridized carbons (Fsp3) is 0.469. The van der Waals surface area contributed by atoms with E-state index >= 15 is 0 Å². The second-order valence-electron chi connectivity index (χ2n) is 10.3. The molecule has 2 aromatic rings. The first kappa shape index (κ1) is 34.8. The highest BCUT2D eigenvalue weighted by molar-refractivity contribution is 6.36. The lowest BCUT2D eigenvalue weighted by Crippen LogP contribution is -2.37. The lowest BCUT2D eigenvalue weighted by atomic mass is 9.79. The molecule has 0 bridgehead atoms. The van der Waals surface area contributed by atoms with E-state index in [1.54, 1.807) is 0 Å². The average molecular weight is 609 g/mol. The van der Waals surface area contributed by atoms with Crippen molar-refractivity contribution in [3.05, 3.63) is 87.4 Å². The maximum atomic E-state index is 10.4. The van der Waals surface area contributed by atoms with E-state index in [0.29, 0.717) is 0 Å². The first-order valence-corrected chi connectivity index (χ1v) is 14.9. The van der Waals surface area contributed by atoms with E-state index in [1.165, 1.54) is 30.9 Å². The molecule has 0 aromatic heterocycles. The highest BCUT2D eigenvalue weighted by Gasteiger charge is 2.28. The van der Waals surface area contributed by atoms with Crippen LogP contribution in [0.1, 0.15) is 60.9 Å². The van der Waals surface area contributed by atoms with Crippen molar-refractivity contribution < 1.29 is 30.0 Å². The van der Waals surface area contributed by atoms with Crippen LogP contribution in [0.3, 0.4) is 0 Å². The lowest BCUT2D eigenvalue weighted by Gasteiger charge is -2.32. The molecule has 1 aliphatic carbocycles. The molecule has 5 N–H and O–H groups in total. The molecule has 1 atom stereocenters. The third-order valence-electron chi connectivity index (χ3n) is 6.85. The molecular formula is C32H43Cl2NO6. The number of unbranched alkanes of at least 4 members (excludes halogenated alkanes) is 4. The molecule has 7 nitrogen and oxygen atoms in total. The predicted molar refractivity (Wildman–Crippen MR) is 165 cm³/mol. The van der Waals surface area contributed by atoms with E-state index in [1.807, 2.05) is 12.2 Å². The van der Waals surface area contributed by atoms with Crippen LogP contribution in [-0.2, 0) is 11.2 Å². The molecule has 0 spiro atoms. The second-order valence-corrected chi connectivity index (χ2v) is 11.1. The maximum Gasteiger partial charge on any atom is 0.339 e. The Morgan fingerprint density at radius 1 is 0.976 bits per heavy atom. The van der Waals surface area contributed by atoms with Crippen molar-refractivity contribution in [3.8, 4) is 5.75 Å². The van der Waals surface area contributed by atoms with Crippen LogP contribution in [0.25, 0.3) is 0 Å². The molecule has 41 heavy (non-hydrogen) atoms. The van der Waals surface area contributed by atoms with Gasteiger partial charge in [-0.25, -0.2) is 4.79 Å². The number of allylic oxidation sites excluding steroid dienone is 2. The summed E-state index contributed by atoms with van der Waals surface area (Å²) in [5.41, 5.74) is 1.84. The lowest BCUT2D eigenvalue weighted by molar-refractivity contribution is 0.0693. The Kier molecular flexibility index (Phi) is 16.7. The van der Waals surface area contributed by atoms with E-state index in [9.17, 15) is 15.0 Å². The quantitative estimate of drug-likeness (QED) is 0.131. The summed E-state index contributed by atoms with van der Waals surface area (Å²) in [5, 5.41) is 40.3. The van der Waals surface area contributed by atoms with Gasteiger partial charge in [0.2, 0.25) is 0 Å². The summed E-state index contributed by atoms with van der Waals surface area (Å²) in [6.07, 6.45) is 14.8. The summed E-state index contributed by atoms with van der Waals surface area (Å²) in [5.74, 6) is -1.73. The van der Waals surface area contributed by atoms with E-state index < -0.39 is 11.7 Å². The van der Waals surface area contributed by atoms with Crippen LogP contribution in [0, 0.1) is 5.41 Å². The van der Waals surface area contributed by atoms with Gasteiger partial charge in [0.15, 0.2) is 0 Å². The minimum atomic E-state index is -1.27. The van der Waals surface area contributed by atoms with Crippen LogP contribution in [-0.4, -0.2) is 65.9 Å². The van der Waals surface area contributed by atoms with Crippen molar-refractivity contribution in [3.63, 3.8) is 0 Å². The minimum Gasteiger partial charge on any atom is -0.505 e. The van der Waals surface area contributed by atoms with E-state index in [0.717, 1.165) is 70.0 Å². The van der Waals surface area contributed by atoms with Crippen LogP contribution in [0.5, 0.6) is 5.75 Å². The fourth-order valence-electron chi connectivity index (χ4n) is 4.51. The first-order chi connectivity index (χ1) is 19.8. The van der Waals surface area contributed by atoms with E-state index in [4.69, 9.17) is 38.2 Å². The van der Waals surface area contributed by atoms with Gasteiger partial charge in [-0.1, -0.05) is 84.6 Å². The van der Waals surface area contributed by atoms with Crippen molar-refractivity contribution >= 4 is 29.2 Å². The molecule has 0 saturated heterocycles. The van der Waals surface area contributed by atoms with Gasteiger partial charge >= 0.3 is 5.97 Å². The Morgan fingerprint density at radius 2 is 1.68 bits per heavy atom. The molecule has 0 heterocycles. The largest absolute Gasteiger partial charge is 0.505 e. The molecule has 0 aliphatic heterocycles. The molecule has 3 rings (SSSR count). The average Bonchev–Trinajstić information content (AvgIpc) is 2.98. The number of carboxylic acid groups (broad SMARTS) is 1. The first-order valence-electron chi connectivity index (χ1n) is 14.1. The second kappa shape index (κ2) is 19.7. The molecule has 0 radical (unpaired) electrons. The number of hydrogen-bond donors (Lipinski definition) is 5. The van der Waals surface area contributed by atoms with Crippen molar-refractivity contribution in [2.24, 2.45) is 5.41 Å². The van der Waals surface area contributed by atoms with E-state index in [2.05, 4.69) is 41.7 Å². The van der Waals surface area contributed by atoms with Crippen molar-refractivity contribution in [2.45, 2.75) is 51.4 Å². The highest BCUT2D eigenvalue weighted by Crippen LogP contribution is 2.31. The Labute approximate surface area is 253 Å². The van der Waals surface area contributed by atoms with Crippen molar-refractivity contribution in [1.82, 2.24) is 5.32 Å². The van der Waals surface area contributed by atoms with Gasteiger partial charge in [0, 0.05) is 30.2 Å². The van der Waals surface area contributed by atoms with Gasteiger partial charge in [0.25, 0.3) is 0 Å². The Morgan fingerprint density at radius 3 is 2.37 bits per heavy atom. The fourth-order valence-corrected chi connectivity index (χ4v) is 5.00. The third kappa shape index (κ3) is 13.4. The predicted octanol–water partition coefficient (Wildman–Crippen LogP) is 6.43. The van der Waals surface area contributed by atoms with Gasteiger partial charge in [0.1, 0.15) is 11.3 Å². The van der Waals surface area contributed by atoms with Crippen molar-refractivity contribution in [2.75, 3.05) is 39.5 Å². The zero-order valence-corrected chi connectivity index (χ0v) is 25.0. The van der Waals surface area contributed by atoms with Gasteiger partial charge in [-0.05, 0) is 68.3 Å². The number of aliphatic hydroxyl groups is 2. The zero-order valence-electron chi connectivity index (χ0n) is 23.5. The Balaban J connectivity index is 0.000000408. The molecule has 0 fully saturated rings. The van der Waals surface area contributed by atoms with Crippen LogP contribution in [0.4, 0.5) is 0 Å². The van der Waals surface area contributed by atoms with Gasteiger partial charge in [-0.3, -0.25) is 0 Å². The number of ether oxygens (including phenoxy) is 1. The molecule has 0 saturated carbocycles. The summed E-state index contributed by atoms with van der Waals surface area (Å²) < 4.78 is 5.75. The zero-order chi connectivity index (χ0) is 29.9. The van der Waals surface area contributed by atoms with Crippen LogP contribution in [0.15, 0.2) is 66.3 Å². The number of aryl methyl sites for hydroxylation is 1. The van der Waals surface area contributed by atoms with Crippen LogP contribution >= 0.6 is 23.2 Å². The van der Waals surface area contributed by atoms with Crippen LogP contribution < -0.4 is 5.32 Å². The van der Waals surface area contributed by atoms with Crippen LogP contribution in [0.2, 0.25) is 10.0 Å².